The number of aromatic amines is 1. The summed E-state index contributed by atoms with van der Waals surface area (Å²) in [6.07, 6.45) is -1.21. The molecule has 1 atom stereocenters. The molecule has 0 saturated carbocycles. The fourth-order valence-electron chi connectivity index (χ4n) is 2.60. The van der Waals surface area contributed by atoms with Gasteiger partial charge in [-0.2, -0.15) is 0 Å². The van der Waals surface area contributed by atoms with Crippen molar-refractivity contribution in [1.82, 2.24) is 14.5 Å². The second-order valence-electron chi connectivity index (χ2n) is 5.08. The summed E-state index contributed by atoms with van der Waals surface area (Å²) >= 11 is 0. The van der Waals surface area contributed by atoms with Crippen LogP contribution in [0.15, 0.2) is 39.9 Å². The maximum Gasteiger partial charge on any atom is 0.329 e. The molecule has 1 unspecified atom stereocenters. The van der Waals surface area contributed by atoms with E-state index in [2.05, 4.69) is 9.97 Å². The average Bonchev–Trinajstić information content (AvgIpc) is 2.52. The molecule has 1 aromatic carbocycles. The molecule has 4 rings (SSSR count). The number of aliphatic hydroxyl groups excluding tert-OH is 1. The summed E-state index contributed by atoms with van der Waals surface area (Å²) < 4.78 is 6.39. The Morgan fingerprint density at radius 2 is 2.09 bits per heavy atom. The Kier molecular flexibility index (Phi) is 2.49. The van der Waals surface area contributed by atoms with Gasteiger partial charge in [0.1, 0.15) is 11.4 Å². The Hall–Kier alpha value is -2.93. The normalized spacial score (nSPS) is 16.0. The molecular formula is C15H11N3O4. The van der Waals surface area contributed by atoms with Gasteiger partial charge in [0, 0.05) is 18.2 Å². The number of pyridine rings is 1. The molecule has 2 aromatic heterocycles. The minimum Gasteiger partial charge on any atom is -0.460 e. The summed E-state index contributed by atoms with van der Waals surface area (Å²) in [5, 5.41) is 10.4. The van der Waals surface area contributed by atoms with Crippen molar-refractivity contribution in [2.24, 2.45) is 7.05 Å². The second-order valence-corrected chi connectivity index (χ2v) is 5.08. The summed E-state index contributed by atoms with van der Waals surface area (Å²) in [5.41, 5.74) is 0.772. The highest BCUT2D eigenvalue weighted by Crippen LogP contribution is 2.40. The molecule has 1 aliphatic heterocycles. The largest absolute Gasteiger partial charge is 0.460 e. The summed E-state index contributed by atoms with van der Waals surface area (Å²) in [7, 11) is 1.38. The van der Waals surface area contributed by atoms with Gasteiger partial charge in [0.25, 0.3) is 5.56 Å². The van der Waals surface area contributed by atoms with Gasteiger partial charge in [-0.25, -0.2) is 9.78 Å². The van der Waals surface area contributed by atoms with Gasteiger partial charge >= 0.3 is 5.69 Å². The van der Waals surface area contributed by atoms with Crippen LogP contribution in [-0.4, -0.2) is 19.6 Å². The molecule has 0 saturated heterocycles. The van der Waals surface area contributed by atoms with Gasteiger partial charge in [-0.05, 0) is 18.2 Å². The number of hydrogen-bond acceptors (Lipinski definition) is 5. The lowest BCUT2D eigenvalue weighted by molar-refractivity contribution is -0.0215. The Bertz CT molecular complexity index is 1040. The van der Waals surface area contributed by atoms with Gasteiger partial charge in [-0.15, -0.1) is 0 Å². The van der Waals surface area contributed by atoms with Crippen LogP contribution in [0.1, 0.15) is 11.9 Å². The number of aliphatic hydroxyl groups is 1. The van der Waals surface area contributed by atoms with Gasteiger partial charge < -0.3 is 9.84 Å². The number of hydrogen-bond donors (Lipinski definition) is 2. The van der Waals surface area contributed by atoms with Crippen LogP contribution in [0, 0.1) is 0 Å². The number of nitrogens with zero attached hydrogens (tertiary/aromatic N) is 2. The highest BCUT2D eigenvalue weighted by atomic mass is 16.6. The van der Waals surface area contributed by atoms with E-state index in [0.29, 0.717) is 22.6 Å². The second kappa shape index (κ2) is 4.28. The molecule has 7 nitrogen and oxygen atoms in total. The van der Waals surface area contributed by atoms with Crippen molar-refractivity contribution in [3.05, 3.63) is 56.7 Å². The molecule has 0 radical (unpaired) electrons. The first-order valence-electron chi connectivity index (χ1n) is 6.64. The summed E-state index contributed by atoms with van der Waals surface area (Å²) in [5.74, 6) is 0.500. The Morgan fingerprint density at radius 3 is 2.91 bits per heavy atom. The van der Waals surface area contributed by atoms with E-state index in [-0.39, 0.29) is 11.0 Å². The molecule has 0 spiro atoms. The van der Waals surface area contributed by atoms with Gasteiger partial charge in [-0.1, -0.05) is 12.1 Å². The summed E-state index contributed by atoms with van der Waals surface area (Å²) in [6.45, 7) is 0. The van der Waals surface area contributed by atoms with Gasteiger partial charge in [0.05, 0.1) is 11.1 Å². The number of H-pyrrole nitrogens is 1. The van der Waals surface area contributed by atoms with Gasteiger partial charge in [-0.3, -0.25) is 14.3 Å². The van der Waals surface area contributed by atoms with E-state index < -0.39 is 17.5 Å². The maximum atomic E-state index is 12.2. The minimum absolute atomic E-state index is 0.191. The Labute approximate surface area is 123 Å². The van der Waals surface area contributed by atoms with Crippen LogP contribution in [0.25, 0.3) is 22.3 Å². The van der Waals surface area contributed by atoms with Gasteiger partial charge in [0.15, 0.2) is 0 Å². The molecule has 1 aliphatic rings. The average molecular weight is 297 g/mol. The standard InChI is InChI=1S/C15H11N3O4/c1-18-13(19)9-6-8-11(16-12(9)17-15(18)21)7-4-2-3-5-10(7)22-14(8)20/h2-6,14,20H,1H3,(H,16,17,21). The molecule has 3 aromatic rings. The first kappa shape index (κ1) is 12.8. The number of fused-ring (bicyclic) bond motifs is 4. The zero-order valence-corrected chi connectivity index (χ0v) is 11.5. The van der Waals surface area contributed by atoms with E-state index in [0.717, 1.165) is 4.57 Å². The third-order valence-electron chi connectivity index (χ3n) is 3.76. The lowest BCUT2D eigenvalue weighted by Gasteiger charge is -2.24. The van der Waals surface area contributed by atoms with Crippen molar-refractivity contribution >= 4 is 11.0 Å². The SMILES string of the molecule is Cn1c(=O)[nH]c2nc3c(cc2c1=O)C(O)Oc1ccccc1-3. The Balaban J connectivity index is 2.14. The molecule has 0 aliphatic carbocycles. The number of para-hydroxylation sites is 1. The van der Waals surface area contributed by atoms with Crippen molar-refractivity contribution in [3.63, 3.8) is 0 Å². The van der Waals surface area contributed by atoms with E-state index >= 15 is 0 Å². The molecule has 0 fully saturated rings. The molecule has 110 valence electrons. The highest BCUT2D eigenvalue weighted by molar-refractivity contribution is 5.82. The molecule has 0 bridgehead atoms. The fraction of sp³-hybridized carbons (Fsp3) is 0.133. The topological polar surface area (TPSA) is 97.2 Å². The van der Waals surface area contributed by atoms with E-state index in [1.165, 1.54) is 13.1 Å². The highest BCUT2D eigenvalue weighted by Gasteiger charge is 2.26. The minimum atomic E-state index is -1.21. The maximum absolute atomic E-state index is 12.2. The van der Waals surface area contributed by atoms with Crippen molar-refractivity contribution in [3.8, 4) is 17.0 Å². The monoisotopic (exact) mass is 297 g/mol. The van der Waals surface area contributed by atoms with Crippen LogP contribution in [0.5, 0.6) is 5.75 Å². The molecule has 3 heterocycles. The number of rotatable bonds is 0. The van der Waals surface area contributed by atoms with Crippen molar-refractivity contribution in [1.29, 1.82) is 0 Å². The summed E-state index contributed by atoms with van der Waals surface area (Å²) in [6, 6.07) is 8.65. The smallest absolute Gasteiger partial charge is 0.329 e. The first-order chi connectivity index (χ1) is 10.6. The van der Waals surface area contributed by atoms with Crippen molar-refractivity contribution < 1.29 is 9.84 Å². The molecular weight excluding hydrogens is 286 g/mol. The predicted molar refractivity (Wildman–Crippen MR) is 78.6 cm³/mol. The van der Waals surface area contributed by atoms with Crippen molar-refractivity contribution in [2.75, 3.05) is 0 Å². The molecule has 7 heteroatoms. The number of aromatic nitrogens is 3. The van der Waals surface area contributed by atoms with Crippen LogP contribution >= 0.6 is 0 Å². The lowest BCUT2D eigenvalue weighted by Crippen LogP contribution is -2.33. The van der Waals surface area contributed by atoms with Crippen LogP contribution in [0.2, 0.25) is 0 Å². The van der Waals surface area contributed by atoms with E-state index in [1.807, 2.05) is 6.07 Å². The van der Waals surface area contributed by atoms with E-state index in [4.69, 9.17) is 4.74 Å². The molecule has 0 amide bonds. The quantitative estimate of drug-likeness (QED) is 0.635. The summed E-state index contributed by atoms with van der Waals surface area (Å²) in [4.78, 5) is 30.8. The van der Waals surface area contributed by atoms with Crippen LogP contribution in [-0.2, 0) is 7.05 Å². The molecule has 2 N–H and O–H groups in total. The third-order valence-corrected chi connectivity index (χ3v) is 3.76. The first-order valence-corrected chi connectivity index (χ1v) is 6.64. The number of nitrogens with one attached hydrogen (secondary N) is 1. The van der Waals surface area contributed by atoms with E-state index in [1.54, 1.807) is 18.2 Å². The van der Waals surface area contributed by atoms with Crippen LogP contribution < -0.4 is 16.0 Å². The zero-order chi connectivity index (χ0) is 15.4. The van der Waals surface area contributed by atoms with Gasteiger partial charge in [0.2, 0.25) is 6.29 Å². The van der Waals surface area contributed by atoms with Crippen molar-refractivity contribution in [2.45, 2.75) is 6.29 Å². The third kappa shape index (κ3) is 1.63. The zero-order valence-electron chi connectivity index (χ0n) is 11.5. The van der Waals surface area contributed by atoms with E-state index in [9.17, 15) is 14.7 Å². The lowest BCUT2D eigenvalue weighted by atomic mass is 10.0. The fourth-order valence-corrected chi connectivity index (χ4v) is 2.60. The van der Waals surface area contributed by atoms with Crippen LogP contribution in [0.3, 0.4) is 0 Å². The van der Waals surface area contributed by atoms with Crippen LogP contribution in [0.4, 0.5) is 0 Å². The Morgan fingerprint density at radius 1 is 1.32 bits per heavy atom. The predicted octanol–water partition coefficient (Wildman–Crippen LogP) is 0.672. The number of benzene rings is 1. The molecule has 22 heavy (non-hydrogen) atoms. The number of ether oxygens (including phenoxy) is 1.